The number of hydrogen-bond donors (Lipinski definition) is 1. The van der Waals surface area contributed by atoms with Crippen molar-refractivity contribution in [2.24, 2.45) is 23.7 Å². The van der Waals surface area contributed by atoms with Gasteiger partial charge in [-0.15, -0.1) is 0 Å². The Labute approximate surface area is 146 Å². The first-order chi connectivity index (χ1) is 11.3. The standard InChI is InChI=1S/C20H34O4/c1-14(2)10-6-5-7-13-18(15(3)4)24-20(23)17-12-9-8-11-16(17)19(21)22/h8-9,14-18H,5-7,10-13H2,1-4H3,(H,21,22). The summed E-state index contributed by atoms with van der Waals surface area (Å²) in [5.74, 6) is -1.46. The third-order valence-electron chi connectivity index (χ3n) is 4.83. The van der Waals surface area contributed by atoms with Gasteiger partial charge in [0.25, 0.3) is 0 Å². The van der Waals surface area contributed by atoms with E-state index in [0.29, 0.717) is 12.8 Å². The van der Waals surface area contributed by atoms with E-state index in [-0.39, 0.29) is 18.0 Å². The smallest absolute Gasteiger partial charge is 0.310 e. The maximum Gasteiger partial charge on any atom is 0.310 e. The monoisotopic (exact) mass is 338 g/mol. The lowest BCUT2D eigenvalue weighted by atomic mass is 9.83. The summed E-state index contributed by atoms with van der Waals surface area (Å²) >= 11 is 0. The minimum atomic E-state index is -0.906. The zero-order valence-electron chi connectivity index (χ0n) is 15.7. The fourth-order valence-electron chi connectivity index (χ4n) is 3.19. The summed E-state index contributed by atoms with van der Waals surface area (Å²) in [4.78, 5) is 23.8. The van der Waals surface area contributed by atoms with Gasteiger partial charge in [-0.05, 0) is 37.5 Å². The fraction of sp³-hybridized carbons (Fsp3) is 0.800. The molecule has 0 fully saturated rings. The molecule has 0 aromatic rings. The number of carboxylic acids is 1. The van der Waals surface area contributed by atoms with Gasteiger partial charge >= 0.3 is 11.9 Å². The molecule has 0 amide bonds. The van der Waals surface area contributed by atoms with Gasteiger partial charge in [-0.25, -0.2) is 0 Å². The van der Waals surface area contributed by atoms with Crippen molar-refractivity contribution in [2.45, 2.75) is 78.7 Å². The predicted molar refractivity (Wildman–Crippen MR) is 95.6 cm³/mol. The third-order valence-corrected chi connectivity index (χ3v) is 4.83. The van der Waals surface area contributed by atoms with Gasteiger partial charge in [0.15, 0.2) is 0 Å². The number of unbranched alkanes of at least 4 members (excludes halogenated alkanes) is 2. The first-order valence-electron chi connectivity index (χ1n) is 9.41. The number of aliphatic carboxylic acids is 1. The van der Waals surface area contributed by atoms with Gasteiger partial charge in [0.2, 0.25) is 0 Å². The summed E-state index contributed by atoms with van der Waals surface area (Å²) in [5, 5.41) is 9.30. The van der Waals surface area contributed by atoms with E-state index in [1.165, 1.54) is 12.8 Å². The van der Waals surface area contributed by atoms with Gasteiger partial charge in [-0.1, -0.05) is 59.1 Å². The normalized spacial score (nSPS) is 21.9. The van der Waals surface area contributed by atoms with Crippen molar-refractivity contribution in [1.29, 1.82) is 0 Å². The van der Waals surface area contributed by atoms with Crippen LogP contribution in [0.5, 0.6) is 0 Å². The van der Waals surface area contributed by atoms with Crippen LogP contribution in [0, 0.1) is 23.7 Å². The van der Waals surface area contributed by atoms with Crippen LogP contribution in [0.25, 0.3) is 0 Å². The lowest BCUT2D eigenvalue weighted by Gasteiger charge is -2.28. The molecule has 1 aliphatic rings. The lowest BCUT2D eigenvalue weighted by molar-refractivity contribution is -0.164. The van der Waals surface area contributed by atoms with Crippen molar-refractivity contribution in [3.05, 3.63) is 12.2 Å². The van der Waals surface area contributed by atoms with Crippen LogP contribution in [0.4, 0.5) is 0 Å². The Morgan fingerprint density at radius 2 is 1.58 bits per heavy atom. The van der Waals surface area contributed by atoms with Gasteiger partial charge < -0.3 is 9.84 Å². The quantitative estimate of drug-likeness (QED) is 0.352. The number of esters is 1. The highest BCUT2D eigenvalue weighted by Crippen LogP contribution is 2.28. The summed E-state index contributed by atoms with van der Waals surface area (Å²) in [6.07, 6.45) is 10.0. The second-order valence-electron chi connectivity index (χ2n) is 7.75. The molecule has 0 bridgehead atoms. The van der Waals surface area contributed by atoms with Crippen LogP contribution in [0.1, 0.15) is 72.6 Å². The number of rotatable bonds is 10. The Bertz CT molecular complexity index is 425. The highest BCUT2D eigenvalue weighted by atomic mass is 16.5. The first-order valence-corrected chi connectivity index (χ1v) is 9.41. The van der Waals surface area contributed by atoms with Crippen LogP contribution in [-0.2, 0) is 14.3 Å². The zero-order chi connectivity index (χ0) is 18.1. The summed E-state index contributed by atoms with van der Waals surface area (Å²) in [6.45, 7) is 8.58. The van der Waals surface area contributed by atoms with E-state index in [0.717, 1.165) is 25.2 Å². The van der Waals surface area contributed by atoms with E-state index in [9.17, 15) is 14.7 Å². The minimum Gasteiger partial charge on any atom is -0.481 e. The summed E-state index contributed by atoms with van der Waals surface area (Å²) in [7, 11) is 0. The molecule has 3 unspecified atom stereocenters. The molecular formula is C20H34O4. The first kappa shape index (κ1) is 20.7. The third kappa shape index (κ3) is 7.06. The molecule has 4 nitrogen and oxygen atoms in total. The molecule has 0 spiro atoms. The van der Waals surface area contributed by atoms with E-state index in [4.69, 9.17) is 4.74 Å². The molecule has 0 radical (unpaired) electrons. The SMILES string of the molecule is CC(C)CCCCCC(OC(=O)C1CC=CCC1C(=O)O)C(C)C. The molecular weight excluding hydrogens is 304 g/mol. The van der Waals surface area contributed by atoms with Gasteiger partial charge in [-0.2, -0.15) is 0 Å². The van der Waals surface area contributed by atoms with Crippen LogP contribution in [0.3, 0.4) is 0 Å². The molecule has 4 heteroatoms. The maximum atomic E-state index is 12.5. The second kappa shape index (κ2) is 10.5. The van der Waals surface area contributed by atoms with Crippen molar-refractivity contribution in [2.75, 3.05) is 0 Å². The zero-order valence-corrected chi connectivity index (χ0v) is 15.7. The average Bonchev–Trinajstić information content (AvgIpc) is 2.52. The van der Waals surface area contributed by atoms with E-state index >= 15 is 0 Å². The molecule has 3 atom stereocenters. The van der Waals surface area contributed by atoms with E-state index < -0.39 is 17.8 Å². The highest BCUT2D eigenvalue weighted by molar-refractivity contribution is 5.81. The van der Waals surface area contributed by atoms with E-state index in [1.807, 2.05) is 12.2 Å². The number of carbonyl (C=O) groups excluding carboxylic acids is 1. The largest absolute Gasteiger partial charge is 0.481 e. The Morgan fingerprint density at radius 3 is 2.12 bits per heavy atom. The second-order valence-corrected chi connectivity index (χ2v) is 7.75. The molecule has 0 aliphatic heterocycles. The van der Waals surface area contributed by atoms with Crippen LogP contribution in [-0.4, -0.2) is 23.1 Å². The maximum absolute atomic E-state index is 12.5. The van der Waals surface area contributed by atoms with Crippen molar-refractivity contribution < 1.29 is 19.4 Å². The Kier molecular flexibility index (Phi) is 9.09. The summed E-state index contributed by atoms with van der Waals surface area (Å²) < 4.78 is 5.72. The highest BCUT2D eigenvalue weighted by Gasteiger charge is 2.36. The number of carboxylic acid groups (broad SMARTS) is 1. The molecule has 1 aliphatic carbocycles. The van der Waals surface area contributed by atoms with Crippen molar-refractivity contribution in [3.63, 3.8) is 0 Å². The average molecular weight is 338 g/mol. The van der Waals surface area contributed by atoms with Crippen LogP contribution in [0.15, 0.2) is 12.2 Å². The Hall–Kier alpha value is -1.32. The molecule has 0 saturated carbocycles. The number of hydrogen-bond acceptors (Lipinski definition) is 3. The number of allylic oxidation sites excluding steroid dienone is 2. The predicted octanol–water partition coefficient (Wildman–Crippen LogP) is 4.83. The van der Waals surface area contributed by atoms with E-state index in [1.54, 1.807) is 0 Å². The fourth-order valence-corrected chi connectivity index (χ4v) is 3.19. The summed E-state index contributed by atoms with van der Waals surface area (Å²) in [6, 6.07) is 0. The Morgan fingerprint density at radius 1 is 1.00 bits per heavy atom. The molecule has 1 N–H and O–H groups in total. The van der Waals surface area contributed by atoms with Gasteiger partial charge in [0.1, 0.15) is 6.10 Å². The van der Waals surface area contributed by atoms with Gasteiger partial charge in [0.05, 0.1) is 11.8 Å². The summed E-state index contributed by atoms with van der Waals surface area (Å²) in [5.41, 5.74) is 0. The molecule has 24 heavy (non-hydrogen) atoms. The van der Waals surface area contributed by atoms with Crippen LogP contribution in [0.2, 0.25) is 0 Å². The molecule has 1 rings (SSSR count). The lowest BCUT2D eigenvalue weighted by Crippen LogP contribution is -2.35. The van der Waals surface area contributed by atoms with E-state index in [2.05, 4.69) is 27.7 Å². The van der Waals surface area contributed by atoms with Crippen LogP contribution >= 0.6 is 0 Å². The number of ether oxygens (including phenoxy) is 1. The molecule has 138 valence electrons. The molecule has 0 aromatic heterocycles. The van der Waals surface area contributed by atoms with Crippen molar-refractivity contribution in [1.82, 2.24) is 0 Å². The Balaban J connectivity index is 2.50. The molecule has 0 saturated heterocycles. The minimum absolute atomic E-state index is 0.114. The number of carbonyl (C=O) groups is 2. The van der Waals surface area contributed by atoms with Crippen molar-refractivity contribution in [3.8, 4) is 0 Å². The van der Waals surface area contributed by atoms with Gasteiger partial charge in [-0.3, -0.25) is 9.59 Å². The van der Waals surface area contributed by atoms with Crippen LogP contribution < -0.4 is 0 Å². The topological polar surface area (TPSA) is 63.6 Å². The molecule has 0 aromatic carbocycles. The molecule has 0 heterocycles. The van der Waals surface area contributed by atoms with Gasteiger partial charge in [0, 0.05) is 0 Å². The van der Waals surface area contributed by atoms with Crippen molar-refractivity contribution >= 4 is 11.9 Å².